The number of carbonyl (C=O) groups is 1. The third-order valence-electron chi connectivity index (χ3n) is 3.84. The maximum Gasteiger partial charge on any atom is 0.410 e. The lowest BCUT2D eigenvalue weighted by molar-refractivity contribution is -0.0584. The van der Waals surface area contributed by atoms with Crippen molar-refractivity contribution in [2.24, 2.45) is 11.7 Å². The fourth-order valence-electron chi connectivity index (χ4n) is 3.26. The molecule has 1 aliphatic heterocycles. The SMILES string of the molecule is CCC1C2CC(N)CC2N1C(=O)OC(C)(C)C. The van der Waals surface area contributed by atoms with Crippen LogP contribution in [-0.4, -0.2) is 34.7 Å². The minimum atomic E-state index is -0.415. The Morgan fingerprint density at radius 3 is 2.59 bits per heavy atom. The van der Waals surface area contributed by atoms with Crippen LogP contribution >= 0.6 is 0 Å². The van der Waals surface area contributed by atoms with Gasteiger partial charge in [-0.15, -0.1) is 0 Å². The maximum atomic E-state index is 12.1. The van der Waals surface area contributed by atoms with Crippen molar-refractivity contribution in [3.8, 4) is 0 Å². The minimum Gasteiger partial charge on any atom is -0.444 e. The molecular formula is C13H24N2O2. The minimum absolute atomic E-state index is 0.167. The molecule has 2 N–H and O–H groups in total. The zero-order valence-corrected chi connectivity index (χ0v) is 11.3. The van der Waals surface area contributed by atoms with Gasteiger partial charge in [0, 0.05) is 24.0 Å². The van der Waals surface area contributed by atoms with Crippen molar-refractivity contribution in [1.82, 2.24) is 4.90 Å². The molecule has 4 unspecified atom stereocenters. The molecule has 1 amide bonds. The molecule has 0 aromatic heterocycles. The monoisotopic (exact) mass is 240 g/mol. The second-order valence-corrected chi connectivity index (χ2v) is 6.33. The summed E-state index contributed by atoms with van der Waals surface area (Å²) in [4.78, 5) is 14.0. The van der Waals surface area contributed by atoms with Gasteiger partial charge < -0.3 is 15.4 Å². The van der Waals surface area contributed by atoms with E-state index in [9.17, 15) is 4.79 Å². The van der Waals surface area contributed by atoms with Crippen LogP contribution in [0.1, 0.15) is 47.0 Å². The number of ether oxygens (including phenoxy) is 1. The van der Waals surface area contributed by atoms with E-state index in [4.69, 9.17) is 10.5 Å². The largest absolute Gasteiger partial charge is 0.444 e. The average Bonchev–Trinajstić information content (AvgIpc) is 2.44. The molecule has 98 valence electrons. The third kappa shape index (κ3) is 2.28. The highest BCUT2D eigenvalue weighted by molar-refractivity contribution is 5.70. The van der Waals surface area contributed by atoms with Gasteiger partial charge in [0.15, 0.2) is 0 Å². The first-order valence-corrected chi connectivity index (χ1v) is 6.60. The van der Waals surface area contributed by atoms with E-state index in [1.54, 1.807) is 0 Å². The van der Waals surface area contributed by atoms with E-state index in [1.807, 2.05) is 25.7 Å². The molecule has 4 atom stereocenters. The standard InChI is InChI=1S/C13H24N2O2/c1-5-10-9-6-8(14)7-11(9)15(10)12(16)17-13(2,3)4/h8-11H,5-7,14H2,1-4H3. The molecule has 0 spiro atoms. The first kappa shape index (κ1) is 12.7. The Kier molecular flexibility index (Phi) is 3.10. The van der Waals surface area contributed by atoms with Crippen molar-refractivity contribution in [2.75, 3.05) is 0 Å². The van der Waals surface area contributed by atoms with Gasteiger partial charge >= 0.3 is 6.09 Å². The van der Waals surface area contributed by atoms with E-state index in [0.29, 0.717) is 18.0 Å². The molecule has 4 heteroatoms. The van der Waals surface area contributed by atoms with E-state index in [0.717, 1.165) is 19.3 Å². The van der Waals surface area contributed by atoms with Gasteiger partial charge in [0.2, 0.25) is 0 Å². The Balaban J connectivity index is 2.03. The van der Waals surface area contributed by atoms with Gasteiger partial charge in [0.25, 0.3) is 0 Å². The Bertz CT molecular complexity index is 305. The summed E-state index contributed by atoms with van der Waals surface area (Å²) >= 11 is 0. The number of carbonyl (C=O) groups excluding carboxylic acids is 1. The summed E-state index contributed by atoms with van der Waals surface area (Å²) in [5.41, 5.74) is 5.57. The third-order valence-corrected chi connectivity index (χ3v) is 3.84. The molecular weight excluding hydrogens is 216 g/mol. The van der Waals surface area contributed by atoms with E-state index in [-0.39, 0.29) is 12.1 Å². The molecule has 2 fully saturated rings. The summed E-state index contributed by atoms with van der Waals surface area (Å²) in [6, 6.07) is 0.916. The molecule has 0 bridgehead atoms. The normalized spacial score (nSPS) is 36.4. The van der Waals surface area contributed by atoms with Crippen molar-refractivity contribution >= 4 is 6.09 Å². The van der Waals surface area contributed by atoms with Gasteiger partial charge in [0.05, 0.1) is 0 Å². The van der Waals surface area contributed by atoms with Crippen LogP contribution in [0.2, 0.25) is 0 Å². The van der Waals surface area contributed by atoms with Crippen LogP contribution in [0.3, 0.4) is 0 Å². The number of nitrogens with zero attached hydrogens (tertiary/aromatic N) is 1. The molecule has 1 saturated carbocycles. The number of hydrogen-bond donors (Lipinski definition) is 1. The summed E-state index contributed by atoms with van der Waals surface area (Å²) in [6.07, 6.45) is 2.82. The van der Waals surface area contributed by atoms with Crippen LogP contribution < -0.4 is 5.73 Å². The summed E-state index contributed by atoms with van der Waals surface area (Å²) in [6.45, 7) is 7.85. The van der Waals surface area contributed by atoms with Crippen LogP contribution in [0, 0.1) is 5.92 Å². The lowest BCUT2D eigenvalue weighted by Crippen LogP contribution is -2.64. The fourth-order valence-corrected chi connectivity index (χ4v) is 3.26. The first-order valence-electron chi connectivity index (χ1n) is 6.60. The highest BCUT2D eigenvalue weighted by Gasteiger charge is 2.54. The van der Waals surface area contributed by atoms with Crippen molar-refractivity contribution in [3.05, 3.63) is 0 Å². The smallest absolute Gasteiger partial charge is 0.410 e. The molecule has 17 heavy (non-hydrogen) atoms. The summed E-state index contributed by atoms with van der Waals surface area (Å²) in [5, 5.41) is 0. The quantitative estimate of drug-likeness (QED) is 0.764. The Morgan fingerprint density at radius 1 is 1.41 bits per heavy atom. The Morgan fingerprint density at radius 2 is 2.06 bits per heavy atom. The van der Waals surface area contributed by atoms with Crippen LogP contribution in [0.4, 0.5) is 4.79 Å². The second-order valence-electron chi connectivity index (χ2n) is 6.33. The topological polar surface area (TPSA) is 55.6 Å². The predicted molar refractivity (Wildman–Crippen MR) is 66.6 cm³/mol. The molecule has 1 heterocycles. The van der Waals surface area contributed by atoms with E-state index >= 15 is 0 Å². The zero-order chi connectivity index (χ0) is 12.8. The van der Waals surface area contributed by atoms with Gasteiger partial charge in [-0.1, -0.05) is 6.92 Å². The molecule has 1 aliphatic carbocycles. The van der Waals surface area contributed by atoms with E-state index in [1.165, 1.54) is 0 Å². The van der Waals surface area contributed by atoms with Crippen LogP contribution in [-0.2, 0) is 4.74 Å². The zero-order valence-electron chi connectivity index (χ0n) is 11.3. The van der Waals surface area contributed by atoms with E-state index < -0.39 is 5.60 Å². The lowest BCUT2D eigenvalue weighted by Gasteiger charge is -2.51. The lowest BCUT2D eigenvalue weighted by atomic mass is 9.81. The first-order chi connectivity index (χ1) is 7.83. The Labute approximate surface area is 103 Å². The average molecular weight is 240 g/mol. The predicted octanol–water partition coefficient (Wildman–Crippen LogP) is 2.12. The number of rotatable bonds is 1. The highest BCUT2D eigenvalue weighted by Crippen LogP contribution is 2.45. The maximum absolute atomic E-state index is 12.1. The van der Waals surface area contributed by atoms with Gasteiger partial charge in [-0.3, -0.25) is 0 Å². The molecule has 4 nitrogen and oxygen atoms in total. The number of fused-ring (bicyclic) bond motifs is 1. The number of hydrogen-bond acceptors (Lipinski definition) is 3. The summed E-state index contributed by atoms with van der Waals surface area (Å²) in [5.74, 6) is 0.600. The van der Waals surface area contributed by atoms with Gasteiger partial charge in [-0.2, -0.15) is 0 Å². The van der Waals surface area contributed by atoms with Crippen molar-refractivity contribution < 1.29 is 9.53 Å². The molecule has 2 aliphatic rings. The number of amides is 1. The summed E-state index contributed by atoms with van der Waals surface area (Å²) in [7, 11) is 0. The van der Waals surface area contributed by atoms with Gasteiger partial charge in [-0.25, -0.2) is 4.79 Å². The summed E-state index contributed by atoms with van der Waals surface area (Å²) < 4.78 is 5.46. The molecule has 0 radical (unpaired) electrons. The highest BCUT2D eigenvalue weighted by atomic mass is 16.6. The molecule has 0 aromatic carbocycles. The van der Waals surface area contributed by atoms with Gasteiger partial charge in [-0.05, 0) is 40.0 Å². The Hall–Kier alpha value is -0.770. The van der Waals surface area contributed by atoms with E-state index in [2.05, 4.69) is 6.92 Å². The molecule has 2 rings (SSSR count). The fraction of sp³-hybridized carbons (Fsp3) is 0.923. The van der Waals surface area contributed by atoms with Crippen LogP contribution in [0.5, 0.6) is 0 Å². The van der Waals surface area contributed by atoms with Crippen molar-refractivity contribution in [2.45, 2.75) is 70.7 Å². The van der Waals surface area contributed by atoms with Crippen molar-refractivity contribution in [3.63, 3.8) is 0 Å². The van der Waals surface area contributed by atoms with Crippen LogP contribution in [0.25, 0.3) is 0 Å². The molecule has 1 saturated heterocycles. The van der Waals surface area contributed by atoms with Gasteiger partial charge in [0.1, 0.15) is 5.60 Å². The number of nitrogens with two attached hydrogens (primary N) is 1. The second kappa shape index (κ2) is 4.16. The number of likely N-dealkylation sites (tertiary alicyclic amines) is 1. The van der Waals surface area contributed by atoms with Crippen molar-refractivity contribution in [1.29, 1.82) is 0 Å². The molecule has 0 aromatic rings. The van der Waals surface area contributed by atoms with Crippen LogP contribution in [0.15, 0.2) is 0 Å².